The van der Waals surface area contributed by atoms with E-state index in [4.69, 9.17) is 17.3 Å². The summed E-state index contributed by atoms with van der Waals surface area (Å²) in [4.78, 5) is 15.4. The maximum absolute atomic E-state index is 11.5. The number of likely N-dealkylation sites (tertiary alicyclic amines) is 1. The molecule has 1 amide bonds. The van der Waals surface area contributed by atoms with Crippen LogP contribution in [-0.2, 0) is 4.79 Å². The van der Waals surface area contributed by atoms with E-state index >= 15 is 0 Å². The molecule has 1 aromatic carbocycles. The summed E-state index contributed by atoms with van der Waals surface area (Å²) >= 11 is 6.31. The molecule has 3 rings (SSSR count). The van der Waals surface area contributed by atoms with Crippen LogP contribution in [-0.4, -0.2) is 52.7 Å². The van der Waals surface area contributed by atoms with Crippen LogP contribution in [0.15, 0.2) is 48.9 Å². The van der Waals surface area contributed by atoms with Crippen LogP contribution in [0.4, 0.5) is 5.69 Å². The second-order valence-electron chi connectivity index (χ2n) is 6.86. The Kier molecular flexibility index (Phi) is 5.98. The Hall–Kier alpha value is -2.57. The molecule has 0 aliphatic carbocycles. The average Bonchev–Trinajstić information content (AvgIpc) is 3.08. The van der Waals surface area contributed by atoms with Gasteiger partial charge in [0.1, 0.15) is 0 Å². The molecule has 0 atom stereocenters. The number of nitrogens with zero attached hydrogens (tertiary/aromatic N) is 4. The van der Waals surface area contributed by atoms with Crippen molar-refractivity contribution in [3.8, 4) is 11.1 Å². The predicted octanol–water partition coefficient (Wildman–Crippen LogP) is 3.18. The van der Waals surface area contributed by atoms with Crippen molar-refractivity contribution in [3.05, 3.63) is 54.0 Å². The van der Waals surface area contributed by atoms with Crippen LogP contribution < -0.4 is 5.73 Å². The van der Waals surface area contributed by atoms with Gasteiger partial charge in [-0.25, -0.2) is 4.68 Å². The monoisotopic (exact) mass is 385 g/mol. The Morgan fingerprint density at radius 2 is 2.22 bits per heavy atom. The van der Waals surface area contributed by atoms with E-state index in [2.05, 4.69) is 17.0 Å². The van der Waals surface area contributed by atoms with Gasteiger partial charge < -0.3 is 15.5 Å². The van der Waals surface area contributed by atoms with Gasteiger partial charge in [-0.1, -0.05) is 23.7 Å². The molecule has 2 aromatic rings. The van der Waals surface area contributed by atoms with E-state index in [0.717, 1.165) is 36.3 Å². The molecule has 0 unspecified atom stereocenters. The van der Waals surface area contributed by atoms with Crippen molar-refractivity contribution in [2.24, 2.45) is 5.92 Å². The van der Waals surface area contributed by atoms with E-state index in [0.29, 0.717) is 23.2 Å². The third-order valence-electron chi connectivity index (χ3n) is 4.53. The van der Waals surface area contributed by atoms with E-state index in [9.17, 15) is 4.79 Å². The lowest BCUT2D eigenvalue weighted by molar-refractivity contribution is -0.116. The van der Waals surface area contributed by atoms with Gasteiger partial charge in [0, 0.05) is 54.8 Å². The second-order valence-corrected chi connectivity index (χ2v) is 7.26. The first-order valence-electron chi connectivity index (χ1n) is 8.84. The highest BCUT2D eigenvalue weighted by molar-refractivity contribution is 6.33. The number of allylic oxidation sites excluding steroid dienone is 3. The van der Waals surface area contributed by atoms with Crippen molar-refractivity contribution in [3.63, 3.8) is 0 Å². The molecule has 1 aliphatic heterocycles. The third-order valence-corrected chi connectivity index (χ3v) is 4.84. The second kappa shape index (κ2) is 8.41. The van der Waals surface area contributed by atoms with Gasteiger partial charge in [-0.05, 0) is 32.2 Å². The van der Waals surface area contributed by atoms with Crippen LogP contribution >= 0.6 is 11.6 Å². The molecule has 2 N–H and O–H groups in total. The number of carbonyl (C=O) groups excluding carboxylic acids is 1. The highest BCUT2D eigenvalue weighted by atomic mass is 35.5. The zero-order valence-electron chi connectivity index (χ0n) is 15.5. The van der Waals surface area contributed by atoms with Crippen LogP contribution in [0.3, 0.4) is 0 Å². The standard InChI is InChI=1S/C20H24ClN5O/c1-3-4-18(13-25(14-27)11-15-9-24(2)10-15)26-12-16(8-23-26)19-6-5-17(22)7-20(19)21/h3-8,12-15H,9-11,22H2,1-2H3/b4-3-,18-13+. The minimum absolute atomic E-state index is 0.505. The molecule has 142 valence electrons. The first-order chi connectivity index (χ1) is 13.0. The van der Waals surface area contributed by atoms with Gasteiger partial charge in [0.25, 0.3) is 0 Å². The summed E-state index contributed by atoms with van der Waals surface area (Å²) in [6.07, 6.45) is 10.2. The largest absolute Gasteiger partial charge is 0.399 e. The number of carbonyl (C=O) groups is 1. The molecule has 7 heteroatoms. The van der Waals surface area contributed by atoms with Crippen molar-refractivity contribution in [1.29, 1.82) is 0 Å². The van der Waals surface area contributed by atoms with Crippen molar-refractivity contribution in [2.75, 3.05) is 32.4 Å². The summed E-state index contributed by atoms with van der Waals surface area (Å²) in [6.45, 7) is 4.66. The van der Waals surface area contributed by atoms with Gasteiger partial charge in [-0.15, -0.1) is 0 Å². The molecule has 0 radical (unpaired) electrons. The van der Waals surface area contributed by atoms with Crippen LogP contribution in [0, 0.1) is 5.92 Å². The molecular weight excluding hydrogens is 362 g/mol. The Bertz CT molecular complexity index is 867. The number of rotatable bonds is 7. The summed E-state index contributed by atoms with van der Waals surface area (Å²) in [7, 11) is 2.08. The number of hydrogen-bond acceptors (Lipinski definition) is 4. The van der Waals surface area contributed by atoms with Gasteiger partial charge >= 0.3 is 0 Å². The lowest BCUT2D eigenvalue weighted by atomic mass is 10.0. The van der Waals surface area contributed by atoms with Gasteiger partial charge in [-0.2, -0.15) is 5.10 Å². The maximum atomic E-state index is 11.5. The smallest absolute Gasteiger partial charge is 0.213 e. The van der Waals surface area contributed by atoms with Gasteiger partial charge in [0.15, 0.2) is 0 Å². The molecule has 0 bridgehead atoms. The molecule has 1 saturated heterocycles. The number of aromatic nitrogens is 2. The summed E-state index contributed by atoms with van der Waals surface area (Å²) in [6, 6.07) is 5.41. The minimum Gasteiger partial charge on any atom is -0.399 e. The fourth-order valence-corrected chi connectivity index (χ4v) is 3.55. The quantitative estimate of drug-likeness (QED) is 0.451. The van der Waals surface area contributed by atoms with E-state index in [1.165, 1.54) is 0 Å². The SMILES string of the molecule is C/C=C\C(=C/N(C=O)CC1CN(C)C1)n1cc(-c2ccc(N)cc2Cl)cn1. The number of halogens is 1. The molecule has 1 fully saturated rings. The Balaban J connectivity index is 1.84. The highest BCUT2D eigenvalue weighted by Gasteiger charge is 2.24. The van der Waals surface area contributed by atoms with Crippen LogP contribution in [0.1, 0.15) is 6.92 Å². The highest BCUT2D eigenvalue weighted by Crippen LogP contribution is 2.29. The van der Waals surface area contributed by atoms with Crippen LogP contribution in [0.5, 0.6) is 0 Å². The zero-order chi connectivity index (χ0) is 19.4. The Morgan fingerprint density at radius 3 is 2.85 bits per heavy atom. The normalized spacial score (nSPS) is 15.9. The average molecular weight is 386 g/mol. The zero-order valence-corrected chi connectivity index (χ0v) is 16.3. The summed E-state index contributed by atoms with van der Waals surface area (Å²) in [5.41, 5.74) is 8.93. The fraction of sp³-hybridized carbons (Fsp3) is 0.300. The number of nitrogen functional groups attached to an aromatic ring is 1. The number of hydrogen-bond donors (Lipinski definition) is 1. The van der Waals surface area contributed by atoms with E-state index in [1.54, 1.807) is 21.8 Å². The van der Waals surface area contributed by atoms with Crippen molar-refractivity contribution < 1.29 is 4.79 Å². The van der Waals surface area contributed by atoms with Gasteiger partial charge in [-0.3, -0.25) is 4.79 Å². The Morgan fingerprint density at radius 1 is 1.44 bits per heavy atom. The third kappa shape index (κ3) is 4.59. The summed E-state index contributed by atoms with van der Waals surface area (Å²) in [5.74, 6) is 0.505. The van der Waals surface area contributed by atoms with E-state index < -0.39 is 0 Å². The number of nitrogens with two attached hydrogens (primary N) is 1. The van der Waals surface area contributed by atoms with Crippen molar-refractivity contribution in [1.82, 2.24) is 19.6 Å². The number of benzene rings is 1. The molecule has 1 aromatic heterocycles. The Labute approximate surface area is 164 Å². The minimum atomic E-state index is 0.505. The van der Waals surface area contributed by atoms with Crippen molar-refractivity contribution in [2.45, 2.75) is 6.92 Å². The molecule has 27 heavy (non-hydrogen) atoms. The first kappa shape index (κ1) is 19.2. The molecule has 2 heterocycles. The molecule has 0 spiro atoms. The first-order valence-corrected chi connectivity index (χ1v) is 9.22. The predicted molar refractivity (Wildman–Crippen MR) is 110 cm³/mol. The topological polar surface area (TPSA) is 67.4 Å². The van der Waals surface area contributed by atoms with Crippen LogP contribution in [0.2, 0.25) is 5.02 Å². The van der Waals surface area contributed by atoms with Gasteiger partial charge in [0.2, 0.25) is 6.41 Å². The van der Waals surface area contributed by atoms with Crippen molar-refractivity contribution >= 4 is 29.4 Å². The molecular formula is C20H24ClN5O. The number of amides is 1. The van der Waals surface area contributed by atoms with E-state index in [1.807, 2.05) is 43.6 Å². The molecule has 1 aliphatic rings. The molecule has 0 saturated carbocycles. The van der Waals surface area contributed by atoms with Crippen LogP contribution in [0.25, 0.3) is 16.8 Å². The lowest BCUT2D eigenvalue weighted by Crippen LogP contribution is -2.48. The van der Waals surface area contributed by atoms with Gasteiger partial charge in [0.05, 0.1) is 16.9 Å². The fourth-order valence-electron chi connectivity index (χ4n) is 3.26. The molecule has 6 nitrogen and oxygen atoms in total. The number of anilines is 1. The maximum Gasteiger partial charge on any atom is 0.213 e. The van der Waals surface area contributed by atoms with E-state index in [-0.39, 0.29) is 0 Å². The summed E-state index contributed by atoms with van der Waals surface area (Å²) in [5, 5.41) is 5.02. The summed E-state index contributed by atoms with van der Waals surface area (Å²) < 4.78 is 1.74. The lowest BCUT2D eigenvalue weighted by Gasteiger charge is -2.37.